The van der Waals surface area contributed by atoms with Crippen molar-refractivity contribution in [3.8, 4) is 11.5 Å². The Morgan fingerprint density at radius 1 is 0.806 bits per heavy atom. The zero-order chi connectivity index (χ0) is 22.1. The number of pyridine rings is 1. The van der Waals surface area contributed by atoms with E-state index in [9.17, 15) is 9.59 Å². The second kappa shape index (κ2) is 10.8. The van der Waals surface area contributed by atoms with E-state index in [1.165, 1.54) is 0 Å². The van der Waals surface area contributed by atoms with E-state index in [4.69, 9.17) is 9.47 Å². The number of hydrogen-bond acceptors (Lipinski definition) is 5. The maximum Gasteiger partial charge on any atom is 0.255 e. The lowest BCUT2D eigenvalue weighted by Crippen LogP contribution is -2.15. The average molecular weight is 419 g/mol. The van der Waals surface area contributed by atoms with Gasteiger partial charge in [0, 0.05) is 34.9 Å². The highest BCUT2D eigenvalue weighted by molar-refractivity contribution is 6.07. The van der Waals surface area contributed by atoms with Crippen LogP contribution in [-0.4, -0.2) is 30.0 Å². The molecule has 0 radical (unpaired) electrons. The third kappa shape index (κ3) is 6.05. The first-order chi connectivity index (χ1) is 15.1. The maximum absolute atomic E-state index is 12.8. The molecule has 160 valence electrons. The molecule has 7 heteroatoms. The second-order valence-corrected chi connectivity index (χ2v) is 6.67. The summed E-state index contributed by atoms with van der Waals surface area (Å²) in [6, 6.07) is 15.2. The minimum absolute atomic E-state index is 0.279. The van der Waals surface area contributed by atoms with E-state index in [2.05, 4.69) is 15.6 Å². The van der Waals surface area contributed by atoms with E-state index in [-0.39, 0.29) is 11.8 Å². The molecule has 0 aliphatic heterocycles. The number of anilines is 2. The fraction of sp³-hybridized carbons (Fsp3) is 0.208. The summed E-state index contributed by atoms with van der Waals surface area (Å²) in [7, 11) is 0. The van der Waals surface area contributed by atoms with Gasteiger partial charge in [0.15, 0.2) is 11.5 Å². The molecular formula is C24H25N3O4. The van der Waals surface area contributed by atoms with Crippen LogP contribution in [0.25, 0.3) is 0 Å². The van der Waals surface area contributed by atoms with Crippen molar-refractivity contribution in [3.63, 3.8) is 0 Å². The standard InChI is InChI=1S/C24H25N3O4/c1-3-14-31-21-9-8-18(16-22(21)30-4-2)24(29)27-20-7-5-6-17(15-20)23(28)26-19-10-12-25-13-11-19/h5-13,15-16H,3-4,14H2,1-2H3,(H,27,29)(H,25,26,28). The fourth-order valence-corrected chi connectivity index (χ4v) is 2.83. The molecule has 0 atom stereocenters. The van der Waals surface area contributed by atoms with Gasteiger partial charge in [-0.3, -0.25) is 14.6 Å². The fourth-order valence-electron chi connectivity index (χ4n) is 2.83. The highest BCUT2D eigenvalue weighted by Crippen LogP contribution is 2.29. The Bertz CT molecular complexity index is 1040. The summed E-state index contributed by atoms with van der Waals surface area (Å²) in [6.07, 6.45) is 4.07. The van der Waals surface area contributed by atoms with Gasteiger partial charge >= 0.3 is 0 Å². The Kier molecular flexibility index (Phi) is 7.59. The van der Waals surface area contributed by atoms with Crippen LogP contribution in [0.5, 0.6) is 11.5 Å². The van der Waals surface area contributed by atoms with Crippen molar-refractivity contribution in [2.75, 3.05) is 23.8 Å². The molecule has 0 aliphatic carbocycles. The predicted molar refractivity (Wildman–Crippen MR) is 120 cm³/mol. The number of benzene rings is 2. The molecule has 0 fully saturated rings. The molecular weight excluding hydrogens is 394 g/mol. The Balaban J connectivity index is 1.72. The van der Waals surface area contributed by atoms with Gasteiger partial charge in [0.2, 0.25) is 0 Å². The smallest absolute Gasteiger partial charge is 0.255 e. The van der Waals surface area contributed by atoms with E-state index in [1.54, 1.807) is 67.0 Å². The summed E-state index contributed by atoms with van der Waals surface area (Å²) in [6.45, 7) is 4.93. The second-order valence-electron chi connectivity index (χ2n) is 6.67. The van der Waals surface area contributed by atoms with Gasteiger partial charge in [-0.1, -0.05) is 13.0 Å². The summed E-state index contributed by atoms with van der Waals surface area (Å²) in [5.41, 5.74) is 2.01. The van der Waals surface area contributed by atoms with Crippen molar-refractivity contribution in [2.24, 2.45) is 0 Å². The number of aromatic nitrogens is 1. The molecule has 7 nitrogen and oxygen atoms in total. The SMILES string of the molecule is CCCOc1ccc(C(=O)Nc2cccc(C(=O)Nc3ccncc3)c2)cc1OCC. The molecule has 31 heavy (non-hydrogen) atoms. The lowest BCUT2D eigenvalue weighted by Gasteiger charge is -2.13. The summed E-state index contributed by atoms with van der Waals surface area (Å²) < 4.78 is 11.3. The van der Waals surface area contributed by atoms with Gasteiger partial charge in [-0.05, 0) is 61.9 Å². The maximum atomic E-state index is 12.8. The highest BCUT2D eigenvalue weighted by Gasteiger charge is 2.13. The van der Waals surface area contributed by atoms with Crippen LogP contribution in [0.15, 0.2) is 67.0 Å². The van der Waals surface area contributed by atoms with E-state index in [0.29, 0.717) is 47.2 Å². The molecule has 0 aliphatic rings. The zero-order valence-corrected chi connectivity index (χ0v) is 17.6. The van der Waals surface area contributed by atoms with Gasteiger partial charge < -0.3 is 20.1 Å². The number of rotatable bonds is 9. The molecule has 0 unspecified atom stereocenters. The molecule has 0 saturated carbocycles. The van der Waals surface area contributed by atoms with Crippen LogP contribution in [0.3, 0.4) is 0 Å². The minimum Gasteiger partial charge on any atom is -0.490 e. The predicted octanol–water partition coefficient (Wildman–Crippen LogP) is 4.77. The topological polar surface area (TPSA) is 89.5 Å². The lowest BCUT2D eigenvalue weighted by molar-refractivity contribution is 0.101. The summed E-state index contributed by atoms with van der Waals surface area (Å²) in [5, 5.41) is 5.62. The first kappa shape index (κ1) is 21.8. The largest absolute Gasteiger partial charge is 0.490 e. The molecule has 1 aromatic heterocycles. The van der Waals surface area contributed by atoms with Crippen LogP contribution in [0.4, 0.5) is 11.4 Å². The third-order valence-electron chi connectivity index (χ3n) is 4.29. The van der Waals surface area contributed by atoms with Crippen molar-refractivity contribution in [3.05, 3.63) is 78.1 Å². The van der Waals surface area contributed by atoms with Gasteiger partial charge in [0.05, 0.1) is 13.2 Å². The van der Waals surface area contributed by atoms with E-state index in [0.717, 1.165) is 6.42 Å². The number of nitrogens with zero attached hydrogens (tertiary/aromatic N) is 1. The van der Waals surface area contributed by atoms with Gasteiger partial charge in [-0.2, -0.15) is 0 Å². The number of nitrogens with one attached hydrogen (secondary N) is 2. The van der Waals surface area contributed by atoms with Crippen LogP contribution in [0.1, 0.15) is 41.0 Å². The Labute approximate surface area is 181 Å². The molecule has 3 aromatic rings. The zero-order valence-electron chi connectivity index (χ0n) is 17.6. The summed E-state index contributed by atoms with van der Waals surface area (Å²) in [4.78, 5) is 29.2. The van der Waals surface area contributed by atoms with Crippen LogP contribution in [-0.2, 0) is 0 Å². The highest BCUT2D eigenvalue weighted by atomic mass is 16.5. The van der Waals surface area contributed by atoms with Crippen molar-refractivity contribution in [2.45, 2.75) is 20.3 Å². The van der Waals surface area contributed by atoms with Gasteiger partial charge in [-0.15, -0.1) is 0 Å². The molecule has 2 aromatic carbocycles. The summed E-state index contributed by atoms with van der Waals surface area (Å²) in [5.74, 6) is 0.539. The first-order valence-electron chi connectivity index (χ1n) is 10.1. The Morgan fingerprint density at radius 2 is 1.52 bits per heavy atom. The Hall–Kier alpha value is -3.87. The van der Waals surface area contributed by atoms with Crippen molar-refractivity contribution >= 4 is 23.2 Å². The van der Waals surface area contributed by atoms with E-state index < -0.39 is 0 Å². The third-order valence-corrected chi connectivity index (χ3v) is 4.29. The van der Waals surface area contributed by atoms with Crippen LogP contribution < -0.4 is 20.1 Å². The van der Waals surface area contributed by atoms with Crippen molar-refractivity contribution < 1.29 is 19.1 Å². The number of carbonyl (C=O) groups is 2. The lowest BCUT2D eigenvalue weighted by atomic mass is 10.1. The first-order valence-corrected chi connectivity index (χ1v) is 10.1. The van der Waals surface area contributed by atoms with Crippen molar-refractivity contribution in [1.29, 1.82) is 0 Å². The van der Waals surface area contributed by atoms with Gasteiger partial charge in [0.1, 0.15) is 0 Å². The van der Waals surface area contributed by atoms with Crippen LogP contribution in [0, 0.1) is 0 Å². The van der Waals surface area contributed by atoms with Gasteiger partial charge in [-0.25, -0.2) is 0 Å². The quantitative estimate of drug-likeness (QED) is 0.521. The molecule has 0 spiro atoms. The van der Waals surface area contributed by atoms with Gasteiger partial charge in [0.25, 0.3) is 11.8 Å². The molecule has 3 rings (SSSR count). The molecule has 2 N–H and O–H groups in total. The van der Waals surface area contributed by atoms with Crippen LogP contribution in [0.2, 0.25) is 0 Å². The van der Waals surface area contributed by atoms with E-state index >= 15 is 0 Å². The molecule has 0 bridgehead atoms. The van der Waals surface area contributed by atoms with E-state index in [1.807, 2.05) is 13.8 Å². The number of carbonyl (C=O) groups excluding carboxylic acids is 2. The molecule has 2 amide bonds. The number of ether oxygens (including phenoxy) is 2. The number of amides is 2. The monoisotopic (exact) mass is 419 g/mol. The average Bonchev–Trinajstić information content (AvgIpc) is 2.79. The van der Waals surface area contributed by atoms with Crippen LogP contribution >= 0.6 is 0 Å². The molecule has 0 saturated heterocycles. The molecule has 1 heterocycles. The minimum atomic E-state index is -0.310. The Morgan fingerprint density at radius 3 is 2.23 bits per heavy atom. The van der Waals surface area contributed by atoms with Crippen molar-refractivity contribution in [1.82, 2.24) is 4.98 Å². The normalized spacial score (nSPS) is 10.3. The summed E-state index contributed by atoms with van der Waals surface area (Å²) >= 11 is 0. The number of hydrogen-bond donors (Lipinski definition) is 2.